The van der Waals surface area contributed by atoms with E-state index in [2.05, 4.69) is 16.4 Å². The highest BCUT2D eigenvalue weighted by atomic mass is 32.2. The minimum absolute atomic E-state index is 0.0189. The van der Waals surface area contributed by atoms with Gasteiger partial charge < -0.3 is 5.32 Å². The summed E-state index contributed by atoms with van der Waals surface area (Å²) in [6.45, 7) is 0. The molecule has 1 amide bonds. The van der Waals surface area contributed by atoms with Crippen LogP contribution in [0.5, 0.6) is 0 Å². The molecule has 2 saturated carbocycles. The van der Waals surface area contributed by atoms with Crippen LogP contribution in [0, 0.1) is 11.8 Å². The first kappa shape index (κ1) is 15.4. The number of hydrogen-bond donors (Lipinski definition) is 1. The number of nitrogens with zero attached hydrogens (tertiary/aromatic N) is 1. The summed E-state index contributed by atoms with van der Waals surface area (Å²) >= 11 is 1.80. The van der Waals surface area contributed by atoms with Gasteiger partial charge in [0.1, 0.15) is 5.78 Å². The third-order valence-corrected chi connectivity index (χ3v) is 7.59. The first-order valence-corrected chi connectivity index (χ1v) is 9.87. The fraction of sp³-hybridized carbons (Fsp3) is 0.722. The van der Waals surface area contributed by atoms with Crippen LogP contribution < -0.4 is 5.32 Å². The van der Waals surface area contributed by atoms with Gasteiger partial charge in [-0.1, -0.05) is 25.3 Å². The Morgan fingerprint density at radius 1 is 1.26 bits per heavy atom. The van der Waals surface area contributed by atoms with Gasteiger partial charge in [0.2, 0.25) is 5.91 Å². The van der Waals surface area contributed by atoms with E-state index in [1.165, 1.54) is 19.3 Å². The zero-order valence-electron chi connectivity index (χ0n) is 13.4. The van der Waals surface area contributed by atoms with Gasteiger partial charge in [-0.3, -0.25) is 14.6 Å². The summed E-state index contributed by atoms with van der Waals surface area (Å²) in [4.78, 5) is 29.5. The Kier molecular flexibility index (Phi) is 4.08. The number of ketones is 1. The molecule has 1 spiro atoms. The second kappa shape index (κ2) is 6.08. The Hall–Kier alpha value is -1.10. The summed E-state index contributed by atoms with van der Waals surface area (Å²) in [5.41, 5.74) is 1.14. The third-order valence-electron chi connectivity index (χ3n) is 5.89. The maximum absolute atomic E-state index is 12.8. The zero-order chi connectivity index (χ0) is 15.9. The fourth-order valence-corrected chi connectivity index (χ4v) is 6.50. The highest BCUT2D eigenvalue weighted by Gasteiger charge is 2.56. The van der Waals surface area contributed by atoms with E-state index in [-0.39, 0.29) is 22.5 Å². The van der Waals surface area contributed by atoms with Gasteiger partial charge in [-0.05, 0) is 19.3 Å². The zero-order valence-corrected chi connectivity index (χ0v) is 14.2. The number of rotatable bonds is 2. The molecular formula is C18H24N2O2S. The lowest BCUT2D eigenvalue weighted by molar-refractivity contribution is -0.127. The maximum Gasteiger partial charge on any atom is 0.224 e. The molecule has 0 aromatic heterocycles. The summed E-state index contributed by atoms with van der Waals surface area (Å²) in [5.74, 6) is 1.43. The fourth-order valence-electron chi connectivity index (χ4n) is 4.64. The van der Waals surface area contributed by atoms with E-state index in [1.54, 1.807) is 11.8 Å². The van der Waals surface area contributed by atoms with Crippen LogP contribution in [-0.4, -0.2) is 33.9 Å². The molecule has 2 aliphatic heterocycles. The molecule has 5 heteroatoms. The average molecular weight is 332 g/mol. The van der Waals surface area contributed by atoms with Crippen molar-refractivity contribution in [3.63, 3.8) is 0 Å². The highest BCUT2D eigenvalue weighted by Crippen LogP contribution is 2.54. The predicted molar refractivity (Wildman–Crippen MR) is 92.6 cm³/mol. The number of carbonyl (C=O) groups is 2. The second-order valence-corrected chi connectivity index (χ2v) is 8.66. The minimum atomic E-state index is -0.224. The van der Waals surface area contributed by atoms with Crippen LogP contribution in [0.4, 0.5) is 0 Å². The average Bonchev–Trinajstić information content (AvgIpc) is 2.93. The Bertz CT molecular complexity index is 580. The van der Waals surface area contributed by atoms with Gasteiger partial charge >= 0.3 is 0 Å². The number of nitrogens with one attached hydrogen (secondary N) is 1. The molecule has 0 radical (unpaired) electrons. The van der Waals surface area contributed by atoms with E-state index in [0.29, 0.717) is 24.7 Å². The van der Waals surface area contributed by atoms with Gasteiger partial charge in [0, 0.05) is 42.5 Å². The number of thioether (sulfide) groups is 1. The minimum Gasteiger partial charge on any atom is -0.353 e. The van der Waals surface area contributed by atoms with Gasteiger partial charge in [0.15, 0.2) is 0 Å². The number of carbonyl (C=O) groups excluding carboxylic acids is 2. The van der Waals surface area contributed by atoms with Crippen LogP contribution in [-0.2, 0) is 9.59 Å². The summed E-state index contributed by atoms with van der Waals surface area (Å²) in [7, 11) is 0. The van der Waals surface area contributed by atoms with Crippen LogP contribution >= 0.6 is 11.8 Å². The molecular weight excluding hydrogens is 308 g/mol. The summed E-state index contributed by atoms with van der Waals surface area (Å²) < 4.78 is -0.224. The van der Waals surface area contributed by atoms with Crippen molar-refractivity contribution in [2.45, 2.75) is 62.2 Å². The monoisotopic (exact) mass is 332 g/mol. The lowest BCUT2D eigenvalue weighted by atomic mass is 9.71. The molecule has 0 aromatic rings. The molecule has 124 valence electrons. The standard InChI is InChI=1S/C18H24N2O2S/c21-13-6-7-16-18(10-13)15(8-9-19-16)14(11-23-18)17(22)20-12-4-2-1-3-5-12/h8-9,12,14-15H,1-7,10-11H2,(H,20,22). The van der Waals surface area contributed by atoms with Crippen molar-refractivity contribution < 1.29 is 9.59 Å². The Balaban J connectivity index is 1.51. The van der Waals surface area contributed by atoms with Crippen molar-refractivity contribution in [2.75, 3.05) is 5.75 Å². The lowest BCUT2D eigenvalue weighted by Gasteiger charge is -2.40. The number of aliphatic imine (C=N–C) groups is 1. The number of hydrogen-bond acceptors (Lipinski definition) is 4. The lowest BCUT2D eigenvalue weighted by Crippen LogP contribution is -2.50. The van der Waals surface area contributed by atoms with Gasteiger partial charge in [-0.2, -0.15) is 0 Å². The molecule has 3 unspecified atom stereocenters. The van der Waals surface area contributed by atoms with E-state index in [0.717, 1.165) is 30.7 Å². The van der Waals surface area contributed by atoms with E-state index in [4.69, 9.17) is 0 Å². The molecule has 1 N–H and O–H groups in total. The van der Waals surface area contributed by atoms with Crippen LogP contribution in [0.25, 0.3) is 0 Å². The van der Waals surface area contributed by atoms with Gasteiger partial charge in [0.25, 0.3) is 0 Å². The van der Waals surface area contributed by atoms with Crippen molar-refractivity contribution in [2.24, 2.45) is 16.8 Å². The Morgan fingerprint density at radius 2 is 2.09 bits per heavy atom. The molecule has 3 atom stereocenters. The van der Waals surface area contributed by atoms with Crippen molar-refractivity contribution in [3.05, 3.63) is 12.3 Å². The molecule has 4 rings (SSSR count). The first-order valence-electron chi connectivity index (χ1n) is 8.89. The van der Waals surface area contributed by atoms with Crippen LogP contribution in [0.2, 0.25) is 0 Å². The third kappa shape index (κ3) is 2.67. The van der Waals surface area contributed by atoms with Crippen LogP contribution in [0.3, 0.4) is 0 Å². The summed E-state index contributed by atoms with van der Waals surface area (Å²) in [6, 6.07) is 0.353. The summed E-state index contributed by atoms with van der Waals surface area (Å²) in [6.07, 6.45) is 11.8. The number of allylic oxidation sites excluding steroid dienone is 1. The van der Waals surface area contributed by atoms with Gasteiger partial charge in [0.05, 0.1) is 10.7 Å². The molecule has 2 heterocycles. The van der Waals surface area contributed by atoms with E-state index in [1.807, 2.05) is 6.20 Å². The number of Topliss-reactive ketones (excluding diaryl/α,β-unsaturated/α-hetero) is 1. The Labute approximate surface area is 141 Å². The normalized spacial score (nSPS) is 37.0. The predicted octanol–water partition coefficient (Wildman–Crippen LogP) is 2.87. The molecule has 0 bridgehead atoms. The van der Waals surface area contributed by atoms with E-state index < -0.39 is 0 Å². The molecule has 4 nitrogen and oxygen atoms in total. The SMILES string of the molecule is O=C1CCC2=NC=CC3C(C(=O)NC4CCCCC4)CSC23C1. The molecule has 4 aliphatic rings. The smallest absolute Gasteiger partial charge is 0.224 e. The van der Waals surface area contributed by atoms with Crippen LogP contribution in [0.1, 0.15) is 51.4 Å². The molecule has 3 fully saturated rings. The first-order chi connectivity index (χ1) is 11.2. The quantitative estimate of drug-likeness (QED) is 0.846. The van der Waals surface area contributed by atoms with Crippen LogP contribution in [0.15, 0.2) is 17.3 Å². The molecule has 1 saturated heterocycles. The van der Waals surface area contributed by atoms with Crippen molar-refractivity contribution in [3.8, 4) is 0 Å². The summed E-state index contributed by atoms with van der Waals surface area (Å²) in [5, 5.41) is 3.29. The second-order valence-electron chi connectivity index (χ2n) is 7.31. The Morgan fingerprint density at radius 3 is 2.91 bits per heavy atom. The van der Waals surface area contributed by atoms with Crippen molar-refractivity contribution in [1.29, 1.82) is 0 Å². The largest absolute Gasteiger partial charge is 0.353 e. The molecule has 0 aromatic carbocycles. The van der Waals surface area contributed by atoms with Crippen molar-refractivity contribution >= 4 is 29.2 Å². The van der Waals surface area contributed by atoms with Crippen molar-refractivity contribution in [1.82, 2.24) is 5.32 Å². The number of amides is 1. The van der Waals surface area contributed by atoms with Gasteiger partial charge in [-0.15, -0.1) is 11.8 Å². The maximum atomic E-state index is 12.8. The molecule has 23 heavy (non-hydrogen) atoms. The highest BCUT2D eigenvalue weighted by molar-refractivity contribution is 8.01. The van der Waals surface area contributed by atoms with Gasteiger partial charge in [-0.25, -0.2) is 0 Å². The van der Waals surface area contributed by atoms with E-state index in [9.17, 15) is 9.59 Å². The topological polar surface area (TPSA) is 58.5 Å². The van der Waals surface area contributed by atoms with E-state index >= 15 is 0 Å². The molecule has 2 aliphatic carbocycles.